The minimum atomic E-state index is -4.71. The highest BCUT2D eigenvalue weighted by atomic mass is 32.2. The number of carbonyl (C=O) groups is 1. The minimum Gasteiger partial charge on any atom is -0.489 e. The van der Waals surface area contributed by atoms with Crippen LogP contribution in [0.1, 0.15) is 131 Å². The predicted molar refractivity (Wildman–Crippen MR) is 278 cm³/mol. The number of fused-ring (bicyclic) bond motifs is 2. The van der Waals surface area contributed by atoms with Crippen molar-refractivity contribution in [1.29, 1.82) is 0 Å². The zero-order valence-electron chi connectivity index (χ0n) is 42.0. The first-order valence-electron chi connectivity index (χ1n) is 26.4. The monoisotopic (exact) mass is 1020 g/mol. The summed E-state index contributed by atoms with van der Waals surface area (Å²) in [7, 11) is -4.71. The van der Waals surface area contributed by atoms with Crippen LogP contribution < -0.4 is 34.5 Å². The van der Waals surface area contributed by atoms with Gasteiger partial charge in [0.1, 0.15) is 24.1 Å². The van der Waals surface area contributed by atoms with Crippen LogP contribution in [0.2, 0.25) is 0 Å². The molecule has 0 unspecified atom stereocenters. The van der Waals surface area contributed by atoms with Crippen LogP contribution >= 0.6 is 0 Å². The van der Waals surface area contributed by atoms with Crippen LogP contribution in [-0.2, 0) is 10.0 Å². The van der Waals surface area contributed by atoms with Crippen molar-refractivity contribution in [2.75, 3.05) is 49.5 Å². The molecule has 3 aromatic carbocycles. The summed E-state index contributed by atoms with van der Waals surface area (Å²) in [5.74, 6) is 0.195. The molecule has 6 aliphatic rings. The van der Waals surface area contributed by atoms with Gasteiger partial charge in [-0.05, 0) is 156 Å². The molecule has 5 fully saturated rings. The molecule has 2 aliphatic carbocycles. The van der Waals surface area contributed by atoms with Crippen LogP contribution in [0.5, 0.6) is 23.1 Å². The smallest absolute Gasteiger partial charge is 0.297 e. The van der Waals surface area contributed by atoms with E-state index in [1.807, 2.05) is 19.1 Å². The molecule has 73 heavy (non-hydrogen) atoms. The molecule has 2 atom stereocenters. The molecule has 0 radical (unpaired) electrons. The number of rotatable bonds is 13. The Morgan fingerprint density at radius 1 is 0.959 bits per heavy atom. The van der Waals surface area contributed by atoms with Crippen molar-refractivity contribution in [1.82, 2.24) is 24.9 Å². The lowest BCUT2D eigenvalue weighted by atomic mass is 9.59. The van der Waals surface area contributed by atoms with Gasteiger partial charge >= 0.3 is 0 Å². The first-order chi connectivity index (χ1) is 35.1. The summed E-state index contributed by atoms with van der Waals surface area (Å²) in [6, 6.07) is 20.7. The van der Waals surface area contributed by atoms with Crippen LogP contribution in [0.25, 0.3) is 11.0 Å². The normalized spacial score (nSPS) is 24.7. The lowest BCUT2D eigenvalue weighted by Gasteiger charge is -2.56. The second-order valence-corrected chi connectivity index (χ2v) is 23.9. The van der Waals surface area contributed by atoms with Gasteiger partial charge in [0.2, 0.25) is 0 Å². The molecular weight excluding hydrogens is 949 g/mol. The maximum absolute atomic E-state index is 14.5. The number of nitro benzene ring substituents is 1. The Hall–Kier alpha value is -5.95. The number of anilines is 2. The molecule has 17 nitrogen and oxygen atoms in total. The fraction of sp³-hybridized carbons (Fsp3) is 0.527. The van der Waals surface area contributed by atoms with Crippen LogP contribution in [-0.4, -0.2) is 102 Å². The maximum Gasteiger partial charge on any atom is 0.297 e. The molecule has 0 bridgehead atoms. The highest BCUT2D eigenvalue weighted by Crippen LogP contribution is 2.55. The number of hydrogen-bond acceptors (Lipinski definition) is 14. The molecule has 18 heteroatoms. The number of piperidine rings is 2. The minimum absolute atomic E-state index is 0.00299. The number of amides is 1. The number of ether oxygens (including phenoxy) is 3. The fourth-order valence-corrected chi connectivity index (χ4v) is 13.7. The first-order valence-corrected chi connectivity index (χ1v) is 27.9. The number of likely N-dealkylation sites (tertiary alicyclic amines) is 1. The third kappa shape index (κ3) is 10.1. The largest absolute Gasteiger partial charge is 0.489 e. The lowest BCUT2D eigenvalue weighted by molar-refractivity contribution is -0.384. The number of aromatic nitrogens is 2. The molecular formula is C55H68N8O9S. The Kier molecular flexibility index (Phi) is 13.3. The highest BCUT2D eigenvalue weighted by Gasteiger charge is 2.50. The average Bonchev–Trinajstić information content (AvgIpc) is 4.05. The van der Waals surface area contributed by atoms with E-state index in [0.717, 1.165) is 75.5 Å². The van der Waals surface area contributed by atoms with Crippen LogP contribution in [0.15, 0.2) is 77.8 Å². The van der Waals surface area contributed by atoms with Crippen molar-refractivity contribution in [2.24, 2.45) is 11.3 Å². The van der Waals surface area contributed by atoms with Crippen molar-refractivity contribution in [2.45, 2.75) is 138 Å². The number of carbonyl (C=O) groups excluding carboxylic acids is 1. The number of sulfonamides is 1. The van der Waals surface area contributed by atoms with Crippen molar-refractivity contribution in [3.63, 3.8) is 0 Å². The zero-order chi connectivity index (χ0) is 50.6. The number of aromatic amines is 1. The Balaban J connectivity index is 0.845. The Morgan fingerprint density at radius 3 is 2.48 bits per heavy atom. The quantitative estimate of drug-likeness (QED) is 0.0549. The Morgan fingerprint density at radius 2 is 1.73 bits per heavy atom. The van der Waals surface area contributed by atoms with E-state index in [0.29, 0.717) is 49.3 Å². The van der Waals surface area contributed by atoms with Crippen molar-refractivity contribution in [3.05, 3.63) is 99.7 Å². The van der Waals surface area contributed by atoms with Gasteiger partial charge in [-0.15, -0.1) is 0 Å². The molecule has 4 aliphatic heterocycles. The maximum atomic E-state index is 14.5. The SMILES string of the molecule is CC(C)c1ccccc1[C@H]1CCCN1C1CC2(CCN(c3ccc(C(=O)NS(=O)(=O)c4cc5c(c([N+](=O)[O-])c4)N[C@@H]([C@H]4CC[C@](C)(O)CC4)CO5)c(Oc4cc5cc[nH]c5nc4OC4CCNCC4)c3)CC2)C1. The van der Waals surface area contributed by atoms with Gasteiger partial charge in [-0.1, -0.05) is 38.1 Å². The summed E-state index contributed by atoms with van der Waals surface area (Å²) in [6.45, 7) is 10.9. The topological polar surface area (TPSA) is 214 Å². The number of hydrogen-bond donors (Lipinski definition) is 5. The molecule has 11 rings (SSSR count). The molecule has 3 saturated heterocycles. The van der Waals surface area contributed by atoms with E-state index in [1.165, 1.54) is 42.9 Å². The molecule has 2 aromatic heterocycles. The van der Waals surface area contributed by atoms with Gasteiger partial charge in [0, 0.05) is 60.6 Å². The van der Waals surface area contributed by atoms with Crippen molar-refractivity contribution < 1.29 is 37.5 Å². The van der Waals surface area contributed by atoms with Gasteiger partial charge in [-0.25, -0.2) is 13.1 Å². The van der Waals surface area contributed by atoms with Gasteiger partial charge in [-0.3, -0.25) is 19.8 Å². The summed E-state index contributed by atoms with van der Waals surface area (Å²) in [4.78, 5) is 38.9. The third-order valence-corrected chi connectivity index (χ3v) is 18.3. The lowest BCUT2D eigenvalue weighted by Crippen LogP contribution is -2.54. The first kappa shape index (κ1) is 49.3. The van der Waals surface area contributed by atoms with Gasteiger partial charge in [0.15, 0.2) is 17.2 Å². The van der Waals surface area contributed by atoms with Crippen LogP contribution in [0.3, 0.4) is 0 Å². The third-order valence-electron chi connectivity index (χ3n) is 16.9. The standard InChI is InChI=1S/C55H68N8O9S/c1-34(2)41-7-4-5-8-42(41)45-9-6-24-62(45)38-31-55(32-38)19-25-61(26-20-55)37-10-11-43(47(28-37)72-49-27-36-14-23-57-51(36)59-53(49)71-39-15-21-56-22-16-39)52(64)60-73(68,69)40-29-46(63(66)67)50-48(30-40)70-33-44(58-50)35-12-17-54(3,65)18-13-35/h4-5,7-8,10-11,14,23,27-30,34-35,38-39,44-45,56,58,65H,6,9,12-13,15-22,24-26,31-33H2,1-3H3,(H,57,59)(H,60,64)/t35-,44-,45-,54-/m1/s1. The molecule has 5 aromatic rings. The van der Waals surface area contributed by atoms with Crippen LogP contribution in [0, 0.1) is 21.4 Å². The zero-order valence-corrected chi connectivity index (χ0v) is 42.8. The molecule has 388 valence electrons. The van der Waals surface area contributed by atoms with Crippen molar-refractivity contribution >= 4 is 44.0 Å². The van der Waals surface area contributed by atoms with E-state index < -0.39 is 37.0 Å². The molecule has 2 saturated carbocycles. The van der Waals surface area contributed by atoms with Gasteiger partial charge < -0.3 is 39.8 Å². The average molecular weight is 1020 g/mol. The van der Waals surface area contributed by atoms with E-state index in [1.54, 1.807) is 24.4 Å². The van der Waals surface area contributed by atoms with Crippen LogP contribution in [0.4, 0.5) is 17.1 Å². The van der Waals surface area contributed by atoms with Gasteiger partial charge in [-0.2, -0.15) is 4.98 Å². The number of aliphatic hydroxyl groups is 1. The Labute approximate surface area is 427 Å². The summed E-state index contributed by atoms with van der Waals surface area (Å²) in [6.07, 6.45) is 12.6. The van der Waals surface area contributed by atoms with E-state index in [2.05, 4.69) is 68.3 Å². The number of H-pyrrole nitrogens is 1. The second kappa shape index (κ2) is 19.7. The summed E-state index contributed by atoms with van der Waals surface area (Å²) in [5.41, 5.74) is 3.41. The summed E-state index contributed by atoms with van der Waals surface area (Å²) < 4.78 is 49.9. The molecule has 6 heterocycles. The summed E-state index contributed by atoms with van der Waals surface area (Å²) in [5, 5.41) is 30.4. The number of nitro groups is 1. The predicted octanol–water partition coefficient (Wildman–Crippen LogP) is 9.34. The number of pyridine rings is 1. The molecule has 1 amide bonds. The van der Waals surface area contributed by atoms with Crippen molar-refractivity contribution in [3.8, 4) is 23.1 Å². The van der Waals surface area contributed by atoms with E-state index in [-0.39, 0.29) is 64.5 Å². The highest BCUT2D eigenvalue weighted by molar-refractivity contribution is 7.90. The Bertz CT molecular complexity index is 2980. The van der Waals surface area contributed by atoms with Gasteiger partial charge in [0.05, 0.1) is 27.0 Å². The number of nitrogens with zero attached hydrogens (tertiary/aromatic N) is 4. The van der Waals surface area contributed by atoms with E-state index >= 15 is 0 Å². The number of benzene rings is 3. The molecule has 5 N–H and O–H groups in total. The van der Waals surface area contributed by atoms with E-state index in [4.69, 9.17) is 19.2 Å². The fourth-order valence-electron chi connectivity index (χ4n) is 12.7. The summed E-state index contributed by atoms with van der Waals surface area (Å²) >= 11 is 0. The van der Waals surface area contributed by atoms with Gasteiger partial charge in [0.25, 0.3) is 27.5 Å². The number of nitrogens with one attached hydrogen (secondary N) is 4. The van der Waals surface area contributed by atoms with E-state index in [9.17, 15) is 28.4 Å². The second-order valence-electron chi connectivity index (χ2n) is 22.2. The molecule has 1 spiro atoms.